The molecule has 624 valence electrons. The first-order valence-corrected chi connectivity index (χ1v) is 48.4. The Hall–Kier alpha value is -1.92. The summed E-state index contributed by atoms with van der Waals surface area (Å²) < 4.78 is 165. The summed E-state index contributed by atoms with van der Waals surface area (Å²) in [5, 5.41) is 0. The van der Waals surface area contributed by atoms with Crippen LogP contribution in [-0.2, 0) is 72.4 Å². The summed E-state index contributed by atoms with van der Waals surface area (Å²) in [4.78, 5) is 0. The van der Waals surface area contributed by atoms with Crippen molar-refractivity contribution in [3.63, 3.8) is 0 Å². The second-order valence-corrected chi connectivity index (χ2v) is 46.5. The molecule has 8 fully saturated rings. The number of hydrogen-bond acceptors (Lipinski definition) is 24. The van der Waals surface area contributed by atoms with Gasteiger partial charge in [-0.15, -0.1) is 0 Å². The summed E-state index contributed by atoms with van der Waals surface area (Å²) in [6.07, 6.45) is 5.06. The molecule has 1 aliphatic carbocycles. The summed E-state index contributed by atoms with van der Waals surface area (Å²) in [5.41, 5.74) is 4.20. The van der Waals surface area contributed by atoms with E-state index in [0.717, 1.165) is 44.5 Å². The van der Waals surface area contributed by atoms with Crippen LogP contribution >= 0.6 is 68.8 Å². The van der Waals surface area contributed by atoms with Crippen molar-refractivity contribution < 1.29 is 109 Å². The SMILES string of the molecule is CCCC1c2cc(c(OP3OCC(C)(C)CO3)cc2OP2OCC(C)(C)CO2)C(CCC)c2cc(c(OP3OCC(C)(C)CO3)cc2OP2OCC(C)(C)CO2)C(CCC)c2cc(c(OP3OCC(C)(C)CO3)cc2OP2OCC(C)(C)CO2)C(CCC)c2cc1c(OP1OCC(C)(C)CO1)cc2OP1OCC(C)(C)CO1. The molecule has 0 N–H and O–H groups in total. The minimum Gasteiger partial charge on any atom is -0.426 e. The highest BCUT2D eigenvalue weighted by Crippen LogP contribution is 2.64. The zero-order valence-electron chi connectivity index (χ0n) is 69.3. The van der Waals surface area contributed by atoms with Crippen molar-refractivity contribution in [3.8, 4) is 46.0 Å². The molecule has 8 bridgehead atoms. The molecule has 0 atom stereocenters. The molecule has 4 aromatic carbocycles. The number of rotatable bonds is 24. The smallest absolute Gasteiger partial charge is 0.397 e. The van der Waals surface area contributed by atoms with Crippen LogP contribution in [0.4, 0.5) is 0 Å². The van der Waals surface area contributed by atoms with Crippen LogP contribution in [0.5, 0.6) is 46.0 Å². The molecule has 8 aliphatic heterocycles. The third-order valence-corrected chi connectivity index (χ3v) is 28.4. The summed E-state index contributed by atoms with van der Waals surface area (Å²) in [6.45, 7) is 49.2. The van der Waals surface area contributed by atoms with Crippen LogP contribution in [0.3, 0.4) is 0 Å². The van der Waals surface area contributed by atoms with Crippen LogP contribution in [0.25, 0.3) is 0 Å². The third-order valence-electron chi connectivity index (χ3n) is 20.2. The molecule has 0 saturated carbocycles. The van der Waals surface area contributed by atoms with Crippen LogP contribution in [-0.4, -0.2) is 106 Å². The van der Waals surface area contributed by atoms with E-state index in [0.29, 0.717) is 203 Å². The summed E-state index contributed by atoms with van der Waals surface area (Å²) in [7, 11) is -15.9. The number of hydrogen-bond donors (Lipinski definition) is 0. The molecule has 0 radical (unpaired) electrons. The molecule has 9 aliphatic rings. The fourth-order valence-electron chi connectivity index (χ4n) is 13.6. The van der Waals surface area contributed by atoms with Gasteiger partial charge in [-0.25, -0.2) is 0 Å². The van der Waals surface area contributed by atoms with E-state index in [4.69, 9.17) is 109 Å². The quantitative estimate of drug-likeness (QED) is 0.0595. The normalized spacial score (nSPS) is 26.5. The van der Waals surface area contributed by atoms with Crippen molar-refractivity contribution in [3.05, 3.63) is 93.0 Å². The molecule has 0 spiro atoms. The fourth-order valence-corrected chi connectivity index (χ4v) is 24.9. The number of benzene rings is 4. The van der Waals surface area contributed by atoms with Crippen molar-refractivity contribution in [2.24, 2.45) is 43.3 Å². The van der Waals surface area contributed by atoms with Gasteiger partial charge in [-0.1, -0.05) is 164 Å². The van der Waals surface area contributed by atoms with Gasteiger partial charge in [0.05, 0.1) is 106 Å². The van der Waals surface area contributed by atoms with Gasteiger partial charge in [-0.05, 0) is 49.9 Å². The molecule has 8 heterocycles. The second kappa shape index (κ2) is 36.8. The Balaban J connectivity index is 1.16. The van der Waals surface area contributed by atoms with Gasteiger partial charge in [0.2, 0.25) is 0 Å². The van der Waals surface area contributed by atoms with Crippen molar-refractivity contribution in [2.45, 2.75) is 214 Å². The highest BCUT2D eigenvalue weighted by molar-refractivity contribution is 7.44. The molecule has 0 unspecified atom stereocenters. The average molecular weight is 1710 g/mol. The maximum Gasteiger partial charge on any atom is 0.397 e. The topological polar surface area (TPSA) is 222 Å². The molecule has 0 aromatic heterocycles. The van der Waals surface area contributed by atoms with E-state index >= 15 is 0 Å². The lowest BCUT2D eigenvalue weighted by molar-refractivity contribution is 0.0416. The lowest BCUT2D eigenvalue weighted by Crippen LogP contribution is -2.29. The monoisotopic (exact) mass is 1710 g/mol. The maximum absolute atomic E-state index is 7.38. The Morgan fingerprint density at radius 1 is 0.205 bits per heavy atom. The summed E-state index contributed by atoms with van der Waals surface area (Å²) in [6, 6.07) is 17.0. The van der Waals surface area contributed by atoms with E-state index < -0.39 is 92.5 Å². The van der Waals surface area contributed by atoms with Gasteiger partial charge in [0.1, 0.15) is 46.0 Å². The molecule has 13 rings (SSSR count). The van der Waals surface area contributed by atoms with Crippen LogP contribution < -0.4 is 36.2 Å². The zero-order chi connectivity index (χ0) is 79.8. The van der Waals surface area contributed by atoms with E-state index in [-0.39, 0.29) is 43.3 Å². The Labute approximate surface area is 675 Å². The first-order chi connectivity index (χ1) is 53.0. The largest absolute Gasteiger partial charge is 0.426 e. The van der Waals surface area contributed by atoms with Gasteiger partial charge in [-0.3, -0.25) is 0 Å². The van der Waals surface area contributed by atoms with Crippen LogP contribution in [0.1, 0.15) is 258 Å². The van der Waals surface area contributed by atoms with Crippen LogP contribution in [0, 0.1) is 43.3 Å². The minimum atomic E-state index is -1.99. The fraction of sp³-hybridized carbons (Fsp3) is 0.700. The molecule has 8 saturated heterocycles. The third kappa shape index (κ3) is 22.6. The van der Waals surface area contributed by atoms with Crippen molar-refractivity contribution in [1.29, 1.82) is 0 Å². The average Bonchev–Trinajstić information content (AvgIpc) is 0.741. The highest BCUT2D eigenvalue weighted by Gasteiger charge is 2.45. The van der Waals surface area contributed by atoms with Gasteiger partial charge in [0, 0.05) is 136 Å². The molecular formula is C80H120O24P8. The van der Waals surface area contributed by atoms with Gasteiger partial charge < -0.3 is 109 Å². The van der Waals surface area contributed by atoms with Gasteiger partial charge >= 0.3 is 68.8 Å². The van der Waals surface area contributed by atoms with Crippen LogP contribution in [0.15, 0.2) is 48.5 Å². The second-order valence-electron chi connectivity index (χ2n) is 37.3. The van der Waals surface area contributed by atoms with Gasteiger partial charge in [-0.2, -0.15) is 0 Å². The Kier molecular flexibility index (Phi) is 28.9. The van der Waals surface area contributed by atoms with Crippen molar-refractivity contribution in [2.75, 3.05) is 106 Å². The lowest BCUT2D eigenvalue weighted by Gasteiger charge is -2.37. The molecule has 112 heavy (non-hydrogen) atoms. The molecule has 4 aromatic rings. The van der Waals surface area contributed by atoms with E-state index in [1.165, 1.54) is 0 Å². The first-order valence-electron chi connectivity index (χ1n) is 39.7. The summed E-state index contributed by atoms with van der Waals surface area (Å²) in [5.74, 6) is 1.60. The van der Waals surface area contributed by atoms with Crippen LogP contribution in [0.2, 0.25) is 0 Å². The molecule has 24 nitrogen and oxygen atoms in total. The van der Waals surface area contributed by atoms with E-state index in [2.05, 4.69) is 163 Å². The Morgan fingerprint density at radius 3 is 0.411 bits per heavy atom. The van der Waals surface area contributed by atoms with E-state index in [1.54, 1.807) is 0 Å². The molecular weight excluding hydrogens is 1590 g/mol. The first kappa shape index (κ1) is 87.9. The van der Waals surface area contributed by atoms with Gasteiger partial charge in [0.15, 0.2) is 0 Å². The zero-order valence-corrected chi connectivity index (χ0v) is 76.4. The number of fused-ring (bicyclic) bond motifs is 8. The van der Waals surface area contributed by atoms with Crippen molar-refractivity contribution >= 4 is 68.8 Å². The predicted molar refractivity (Wildman–Crippen MR) is 439 cm³/mol. The van der Waals surface area contributed by atoms with E-state index in [9.17, 15) is 0 Å². The molecule has 32 heteroatoms. The van der Waals surface area contributed by atoms with Crippen molar-refractivity contribution in [1.82, 2.24) is 0 Å². The minimum absolute atomic E-state index is 0.276. The lowest BCUT2D eigenvalue weighted by atomic mass is 9.77. The molecule has 0 amide bonds. The maximum atomic E-state index is 7.38. The highest BCUT2D eigenvalue weighted by atomic mass is 31.2. The van der Waals surface area contributed by atoms with E-state index in [1.807, 2.05) is 24.3 Å². The Morgan fingerprint density at radius 2 is 0.312 bits per heavy atom. The summed E-state index contributed by atoms with van der Waals surface area (Å²) >= 11 is 0. The van der Waals surface area contributed by atoms with Gasteiger partial charge in [0.25, 0.3) is 0 Å². The Bertz CT molecular complexity index is 3080. The predicted octanol–water partition coefficient (Wildman–Crippen LogP) is 25.2. The standard InChI is InChI=1S/C80H120O24P8/c1-21-25-53-57-29-59(67(99-107-85-41-75(9,10)42-86-107)33-65(57)97-105-81-37-73(5,6)38-82-105)54(26-22-2)61-31-63(71(103-111-93-49-79(17,18)50-94-111)35-69(61)101-109-89-45-77(13,14)46-90-109)56(28-24-4)64-32-62(70(102-110-91-47-78(15,16)48-92-110)36-72(64)104-112-95-51-80(19,20)52-96-112)55(27-23-3)60-30-58(53)66(98-106-83-39-74(7,8)40-84-106)34-68(60)100-108-87-43-76(11,12)44-88-108/h29-36,53-56H,21-28,37-52H2,1-20H3.